The molecule has 3 N–H and O–H groups in total. The first-order valence-corrected chi connectivity index (χ1v) is 41.8. The number of phosphoric ester groups is 2. The molecule has 19 heteroatoms. The number of rotatable bonds is 75. The Morgan fingerprint density at radius 1 is 0.258 bits per heavy atom. The summed E-state index contributed by atoms with van der Waals surface area (Å²) >= 11 is 0. The van der Waals surface area contributed by atoms with Gasteiger partial charge in [0.2, 0.25) is 0 Å². The third kappa shape index (κ3) is 68.4. The van der Waals surface area contributed by atoms with Crippen LogP contribution in [0.25, 0.3) is 0 Å². The van der Waals surface area contributed by atoms with Crippen LogP contribution in [0.2, 0.25) is 0 Å². The number of esters is 4. The van der Waals surface area contributed by atoms with Crippen LogP contribution in [0, 0.1) is 0 Å². The van der Waals surface area contributed by atoms with E-state index in [4.69, 9.17) is 37.0 Å². The Morgan fingerprint density at radius 2 is 0.430 bits per heavy atom. The number of aliphatic hydroxyl groups excluding tert-OH is 1. The Morgan fingerprint density at radius 3 is 0.634 bits per heavy atom. The molecule has 0 aromatic heterocycles. The van der Waals surface area contributed by atoms with Crippen LogP contribution in [0.5, 0.6) is 0 Å². The Balaban J connectivity index is 5.16. The fourth-order valence-corrected chi connectivity index (χ4v) is 13.0. The zero-order chi connectivity index (χ0) is 68.2. The molecule has 0 aromatic carbocycles. The second-order valence-electron chi connectivity index (χ2n) is 26.7. The molecule has 0 aliphatic carbocycles. The molecule has 0 bridgehead atoms. The Hall–Kier alpha value is -1.94. The van der Waals surface area contributed by atoms with Gasteiger partial charge in [0.15, 0.2) is 12.2 Å². The molecule has 0 radical (unpaired) electrons. The molecule has 0 heterocycles. The second kappa shape index (κ2) is 68.6. The first-order valence-electron chi connectivity index (χ1n) is 38.8. The Bertz CT molecular complexity index is 1770. The number of phosphoric acid groups is 2. The van der Waals surface area contributed by atoms with Crippen LogP contribution in [0.4, 0.5) is 0 Å². The molecule has 5 atom stereocenters. The number of carbonyl (C=O) groups excluding carboxylic acids is 4. The highest BCUT2D eigenvalue weighted by molar-refractivity contribution is 7.47. The van der Waals surface area contributed by atoms with Crippen molar-refractivity contribution in [1.29, 1.82) is 0 Å². The van der Waals surface area contributed by atoms with E-state index < -0.39 is 97.5 Å². The summed E-state index contributed by atoms with van der Waals surface area (Å²) in [4.78, 5) is 72.5. The van der Waals surface area contributed by atoms with Crippen molar-refractivity contribution in [2.24, 2.45) is 0 Å². The fourth-order valence-electron chi connectivity index (χ4n) is 11.4. The highest BCUT2D eigenvalue weighted by atomic mass is 31.2. The van der Waals surface area contributed by atoms with Gasteiger partial charge in [0.05, 0.1) is 26.4 Å². The number of aliphatic hydroxyl groups is 1. The van der Waals surface area contributed by atoms with Crippen LogP contribution in [0.3, 0.4) is 0 Å². The number of hydrogen-bond donors (Lipinski definition) is 3. The summed E-state index contributed by atoms with van der Waals surface area (Å²) in [6.45, 7) is 4.92. The van der Waals surface area contributed by atoms with Gasteiger partial charge in [0.25, 0.3) is 0 Å². The topological polar surface area (TPSA) is 237 Å². The molecule has 93 heavy (non-hydrogen) atoms. The predicted molar refractivity (Wildman–Crippen MR) is 377 cm³/mol. The lowest BCUT2D eigenvalue weighted by atomic mass is 10.0. The second-order valence-corrected chi connectivity index (χ2v) is 29.6. The van der Waals surface area contributed by atoms with E-state index in [9.17, 15) is 43.2 Å². The van der Waals surface area contributed by atoms with E-state index >= 15 is 0 Å². The summed E-state index contributed by atoms with van der Waals surface area (Å²) in [7, 11) is -9.90. The van der Waals surface area contributed by atoms with Crippen LogP contribution in [0.1, 0.15) is 394 Å². The summed E-state index contributed by atoms with van der Waals surface area (Å²) in [5.41, 5.74) is 0. The maximum Gasteiger partial charge on any atom is 0.472 e. The van der Waals surface area contributed by atoms with Crippen LogP contribution in [0.15, 0.2) is 0 Å². The third-order valence-electron chi connectivity index (χ3n) is 17.4. The van der Waals surface area contributed by atoms with E-state index in [0.717, 1.165) is 103 Å². The van der Waals surface area contributed by atoms with Crippen LogP contribution >= 0.6 is 15.6 Å². The Labute approximate surface area is 568 Å². The van der Waals surface area contributed by atoms with Gasteiger partial charge >= 0.3 is 39.5 Å². The van der Waals surface area contributed by atoms with E-state index in [1.807, 2.05) is 0 Å². The smallest absolute Gasteiger partial charge is 0.462 e. The first-order chi connectivity index (χ1) is 45.2. The van der Waals surface area contributed by atoms with E-state index in [-0.39, 0.29) is 25.7 Å². The van der Waals surface area contributed by atoms with Crippen molar-refractivity contribution in [3.63, 3.8) is 0 Å². The lowest BCUT2D eigenvalue weighted by Gasteiger charge is -2.21. The maximum absolute atomic E-state index is 13.1. The third-order valence-corrected chi connectivity index (χ3v) is 19.3. The van der Waals surface area contributed by atoms with Gasteiger partial charge in [0.1, 0.15) is 19.3 Å². The molecular weight excluding hydrogens is 1220 g/mol. The zero-order valence-electron chi connectivity index (χ0n) is 60.2. The molecule has 0 saturated heterocycles. The molecule has 2 unspecified atom stereocenters. The average Bonchev–Trinajstić information content (AvgIpc) is 3.66. The molecule has 0 aliphatic heterocycles. The van der Waals surface area contributed by atoms with Crippen molar-refractivity contribution >= 4 is 39.5 Å². The van der Waals surface area contributed by atoms with Gasteiger partial charge < -0.3 is 33.8 Å². The van der Waals surface area contributed by atoms with Crippen molar-refractivity contribution in [2.45, 2.75) is 412 Å². The minimum absolute atomic E-state index is 0.107. The standard InChI is InChI=1S/C74H144O17P2/c1-5-9-13-17-21-24-27-29-31-33-34-35-36-38-40-42-45-49-53-57-61-74(79)91-70(65-85-72(77)59-55-51-47-44-41-39-37-32-30-28-25-22-18-14-10-6-2)67-89-93(82,83)87-63-68(75)62-86-92(80,81)88-66-69(64-84-71(76)58-54-50-46-20-16-12-8-4)90-73(78)60-56-52-48-43-26-23-19-15-11-7-3/h68-70,75H,5-67H2,1-4H3,(H,80,81)(H,82,83)/t68-,69+,70+/m0/s1. The van der Waals surface area contributed by atoms with Crippen molar-refractivity contribution in [3.05, 3.63) is 0 Å². The lowest BCUT2D eigenvalue weighted by molar-refractivity contribution is -0.161. The SMILES string of the molecule is CCCCCCCCCCCCCCCCCCCCCCC(=O)O[C@H](COC(=O)CCCCCCCCCCCCCCCCCC)COP(=O)(O)OC[C@@H](O)COP(=O)(O)OC[C@@H](COC(=O)CCCCCCCCC)OC(=O)CCCCCCCCCCCC. The van der Waals surface area contributed by atoms with E-state index in [0.29, 0.717) is 25.7 Å². The van der Waals surface area contributed by atoms with Crippen molar-refractivity contribution in [2.75, 3.05) is 39.6 Å². The lowest BCUT2D eigenvalue weighted by Crippen LogP contribution is -2.30. The van der Waals surface area contributed by atoms with E-state index in [1.165, 1.54) is 212 Å². The normalized spacial score (nSPS) is 13.9. The molecule has 0 fully saturated rings. The molecule has 552 valence electrons. The summed E-state index contributed by atoms with van der Waals surface area (Å²) in [5.74, 6) is -2.12. The van der Waals surface area contributed by atoms with Crippen LogP contribution < -0.4 is 0 Å². The van der Waals surface area contributed by atoms with Gasteiger partial charge in [0, 0.05) is 25.7 Å². The van der Waals surface area contributed by atoms with Gasteiger partial charge in [-0.25, -0.2) is 9.13 Å². The van der Waals surface area contributed by atoms with Crippen LogP contribution in [-0.2, 0) is 65.4 Å². The quantitative estimate of drug-likeness (QED) is 0.0222. The van der Waals surface area contributed by atoms with Gasteiger partial charge in [-0.1, -0.05) is 342 Å². The maximum atomic E-state index is 13.1. The highest BCUT2D eigenvalue weighted by Crippen LogP contribution is 2.45. The van der Waals surface area contributed by atoms with Gasteiger partial charge in [-0.2, -0.15) is 0 Å². The van der Waals surface area contributed by atoms with Gasteiger partial charge in [-0.15, -0.1) is 0 Å². The molecule has 0 rings (SSSR count). The zero-order valence-corrected chi connectivity index (χ0v) is 62.0. The highest BCUT2D eigenvalue weighted by Gasteiger charge is 2.30. The number of carbonyl (C=O) groups is 4. The predicted octanol–water partition coefficient (Wildman–Crippen LogP) is 21.8. The molecule has 0 aliphatic rings. The van der Waals surface area contributed by atoms with Crippen molar-refractivity contribution < 1.29 is 80.2 Å². The minimum Gasteiger partial charge on any atom is -0.462 e. The van der Waals surface area contributed by atoms with E-state index in [1.54, 1.807) is 0 Å². The Kier molecular flexibility index (Phi) is 67.1. The monoisotopic (exact) mass is 1370 g/mol. The molecule has 0 amide bonds. The number of unbranched alkanes of at least 4 members (excludes halogenated alkanes) is 49. The molecule has 0 spiro atoms. The fraction of sp³-hybridized carbons (Fsp3) is 0.946. The summed E-state index contributed by atoms with van der Waals surface area (Å²) < 4.78 is 68.3. The number of hydrogen-bond acceptors (Lipinski definition) is 15. The number of ether oxygens (including phenoxy) is 4. The van der Waals surface area contributed by atoms with Crippen LogP contribution in [-0.4, -0.2) is 96.7 Å². The van der Waals surface area contributed by atoms with Gasteiger partial charge in [-0.3, -0.25) is 37.3 Å². The first kappa shape index (κ1) is 91.1. The largest absolute Gasteiger partial charge is 0.472 e. The minimum atomic E-state index is -4.95. The van der Waals surface area contributed by atoms with Gasteiger partial charge in [-0.05, 0) is 25.7 Å². The van der Waals surface area contributed by atoms with Crippen molar-refractivity contribution in [1.82, 2.24) is 0 Å². The van der Waals surface area contributed by atoms with E-state index in [2.05, 4.69) is 27.7 Å². The summed E-state index contributed by atoms with van der Waals surface area (Å²) in [6, 6.07) is 0. The van der Waals surface area contributed by atoms with Crippen molar-refractivity contribution in [3.8, 4) is 0 Å². The summed E-state index contributed by atoms with van der Waals surface area (Å²) in [5, 5.41) is 10.6. The molecule has 17 nitrogen and oxygen atoms in total. The molecular formula is C74H144O17P2. The molecule has 0 aromatic rings. The average molecular weight is 1370 g/mol. The summed E-state index contributed by atoms with van der Waals surface area (Å²) in [6.07, 6.45) is 58.5. The molecule has 0 saturated carbocycles.